The molecule has 0 heterocycles. The van der Waals surface area contributed by atoms with Crippen molar-refractivity contribution in [3.63, 3.8) is 0 Å². The standard InChI is InChI=1S/C24H40O3/c1-2-3-4-5-6-7-8-9-10-11-12-13-14-18-21-24(27,23(25)26)22-19-16-15-17-20-22/h15-17,19-20,27H,2-14,18,21H2,1H3,(H,25,26). The van der Waals surface area contributed by atoms with Gasteiger partial charge in [-0.25, -0.2) is 4.79 Å². The molecule has 0 saturated carbocycles. The fraction of sp³-hybridized carbons (Fsp3) is 0.708. The highest BCUT2D eigenvalue weighted by molar-refractivity contribution is 5.79. The first kappa shape index (κ1) is 23.7. The summed E-state index contributed by atoms with van der Waals surface area (Å²) in [4.78, 5) is 11.5. The Balaban J connectivity index is 2.02. The number of hydrogen-bond acceptors (Lipinski definition) is 2. The van der Waals surface area contributed by atoms with E-state index in [1.54, 1.807) is 24.3 Å². The highest BCUT2D eigenvalue weighted by Crippen LogP contribution is 2.28. The quantitative estimate of drug-likeness (QED) is 0.293. The van der Waals surface area contributed by atoms with Crippen molar-refractivity contribution in [2.75, 3.05) is 0 Å². The van der Waals surface area contributed by atoms with Gasteiger partial charge in [0.15, 0.2) is 5.60 Å². The highest BCUT2D eigenvalue weighted by Gasteiger charge is 2.37. The van der Waals surface area contributed by atoms with Crippen LogP contribution in [0.4, 0.5) is 0 Å². The van der Waals surface area contributed by atoms with E-state index in [0.29, 0.717) is 5.56 Å². The van der Waals surface area contributed by atoms with Crippen LogP contribution in [0.3, 0.4) is 0 Å². The average molecular weight is 377 g/mol. The summed E-state index contributed by atoms with van der Waals surface area (Å²) in [7, 11) is 0. The van der Waals surface area contributed by atoms with Crippen molar-refractivity contribution in [1.29, 1.82) is 0 Å². The molecule has 2 N–H and O–H groups in total. The number of rotatable bonds is 17. The Morgan fingerprint density at radius 2 is 1.15 bits per heavy atom. The number of carboxylic acids is 1. The van der Waals surface area contributed by atoms with Crippen molar-refractivity contribution >= 4 is 5.97 Å². The second-order valence-corrected chi connectivity index (χ2v) is 7.88. The average Bonchev–Trinajstić information content (AvgIpc) is 2.68. The summed E-state index contributed by atoms with van der Waals surface area (Å²) in [5, 5.41) is 20.0. The van der Waals surface area contributed by atoms with Gasteiger partial charge in [0, 0.05) is 0 Å². The molecule has 3 heteroatoms. The van der Waals surface area contributed by atoms with Gasteiger partial charge in [0.2, 0.25) is 0 Å². The maximum absolute atomic E-state index is 11.5. The number of hydrogen-bond donors (Lipinski definition) is 2. The predicted molar refractivity (Wildman–Crippen MR) is 113 cm³/mol. The van der Waals surface area contributed by atoms with Crippen molar-refractivity contribution < 1.29 is 15.0 Å². The molecular formula is C24H40O3. The van der Waals surface area contributed by atoms with Gasteiger partial charge in [-0.2, -0.15) is 0 Å². The van der Waals surface area contributed by atoms with E-state index >= 15 is 0 Å². The second kappa shape index (κ2) is 14.7. The zero-order chi connectivity index (χ0) is 19.8. The Morgan fingerprint density at radius 1 is 0.741 bits per heavy atom. The summed E-state index contributed by atoms with van der Waals surface area (Å²) in [5.41, 5.74) is -1.27. The Morgan fingerprint density at radius 3 is 1.56 bits per heavy atom. The Kier molecular flexibility index (Phi) is 12.9. The molecule has 0 bridgehead atoms. The van der Waals surface area contributed by atoms with E-state index in [2.05, 4.69) is 6.92 Å². The lowest BCUT2D eigenvalue weighted by atomic mass is 9.88. The molecule has 0 radical (unpaired) electrons. The lowest BCUT2D eigenvalue weighted by Gasteiger charge is -2.23. The van der Waals surface area contributed by atoms with E-state index in [9.17, 15) is 15.0 Å². The van der Waals surface area contributed by atoms with Crippen molar-refractivity contribution in [2.24, 2.45) is 0 Å². The molecule has 1 aromatic carbocycles. The molecular weight excluding hydrogens is 336 g/mol. The van der Waals surface area contributed by atoms with Gasteiger partial charge in [0.1, 0.15) is 0 Å². The fourth-order valence-electron chi connectivity index (χ4n) is 3.66. The second-order valence-electron chi connectivity index (χ2n) is 7.88. The summed E-state index contributed by atoms with van der Waals surface area (Å²) in [6.45, 7) is 2.26. The molecule has 0 saturated heterocycles. The van der Waals surface area contributed by atoms with Crippen LogP contribution >= 0.6 is 0 Å². The van der Waals surface area contributed by atoms with Crippen LogP contribution in [0.1, 0.15) is 109 Å². The number of aliphatic hydroxyl groups is 1. The minimum Gasteiger partial charge on any atom is -0.479 e. The SMILES string of the molecule is CCCCCCCCCCCCCCCCC(O)(C(=O)O)c1ccccc1. The first-order chi connectivity index (χ1) is 13.1. The van der Waals surface area contributed by atoms with E-state index in [-0.39, 0.29) is 6.42 Å². The Hall–Kier alpha value is -1.35. The summed E-state index contributed by atoms with van der Waals surface area (Å²) >= 11 is 0. The maximum atomic E-state index is 11.5. The third kappa shape index (κ3) is 9.95. The Bertz CT molecular complexity index is 486. The van der Waals surface area contributed by atoms with Gasteiger partial charge in [-0.3, -0.25) is 0 Å². The molecule has 0 fully saturated rings. The molecule has 0 aliphatic carbocycles. The van der Waals surface area contributed by atoms with Crippen molar-refractivity contribution in [3.05, 3.63) is 35.9 Å². The molecule has 3 nitrogen and oxygen atoms in total. The topological polar surface area (TPSA) is 57.5 Å². The molecule has 1 unspecified atom stereocenters. The van der Waals surface area contributed by atoms with Crippen LogP contribution in [0.2, 0.25) is 0 Å². The largest absolute Gasteiger partial charge is 0.479 e. The normalized spacial score (nSPS) is 13.4. The van der Waals surface area contributed by atoms with Gasteiger partial charge in [-0.1, -0.05) is 121 Å². The number of benzene rings is 1. The first-order valence-corrected chi connectivity index (χ1v) is 11.1. The van der Waals surface area contributed by atoms with Gasteiger partial charge < -0.3 is 10.2 Å². The lowest BCUT2D eigenvalue weighted by molar-refractivity contribution is -0.160. The molecule has 1 aromatic rings. The van der Waals surface area contributed by atoms with Crippen LogP contribution in [-0.2, 0) is 10.4 Å². The Labute approximate surface area is 166 Å². The zero-order valence-corrected chi connectivity index (χ0v) is 17.3. The van der Waals surface area contributed by atoms with Gasteiger partial charge in [0.05, 0.1) is 0 Å². The van der Waals surface area contributed by atoms with Crippen LogP contribution in [0.5, 0.6) is 0 Å². The predicted octanol–water partition coefficient (Wildman–Crippen LogP) is 6.83. The number of carbonyl (C=O) groups is 1. The van der Waals surface area contributed by atoms with Crippen LogP contribution in [-0.4, -0.2) is 16.2 Å². The molecule has 1 rings (SSSR count). The van der Waals surface area contributed by atoms with Crippen LogP contribution in [0.25, 0.3) is 0 Å². The summed E-state index contributed by atoms with van der Waals surface area (Å²) < 4.78 is 0. The minimum atomic E-state index is -1.75. The molecule has 0 aliphatic rings. The fourth-order valence-corrected chi connectivity index (χ4v) is 3.66. The molecule has 0 amide bonds. The number of aliphatic carboxylic acids is 1. The monoisotopic (exact) mass is 376 g/mol. The molecule has 154 valence electrons. The smallest absolute Gasteiger partial charge is 0.340 e. The molecule has 0 aliphatic heterocycles. The van der Waals surface area contributed by atoms with Crippen LogP contribution in [0, 0.1) is 0 Å². The molecule has 0 spiro atoms. The van der Waals surface area contributed by atoms with Gasteiger partial charge >= 0.3 is 5.97 Å². The van der Waals surface area contributed by atoms with Crippen LogP contribution < -0.4 is 0 Å². The summed E-state index contributed by atoms with van der Waals surface area (Å²) in [6, 6.07) is 8.76. The number of unbranched alkanes of at least 4 members (excludes halogenated alkanes) is 13. The molecule has 27 heavy (non-hydrogen) atoms. The highest BCUT2D eigenvalue weighted by atomic mass is 16.4. The number of carboxylic acid groups (broad SMARTS) is 1. The lowest BCUT2D eigenvalue weighted by Crippen LogP contribution is -2.35. The van der Waals surface area contributed by atoms with E-state index in [1.807, 2.05) is 6.07 Å². The minimum absolute atomic E-state index is 0.282. The summed E-state index contributed by atoms with van der Waals surface area (Å²) in [6.07, 6.45) is 18.0. The van der Waals surface area contributed by atoms with Gasteiger partial charge in [-0.15, -0.1) is 0 Å². The maximum Gasteiger partial charge on any atom is 0.340 e. The third-order valence-corrected chi connectivity index (χ3v) is 5.50. The molecule has 0 aromatic heterocycles. The van der Waals surface area contributed by atoms with Crippen LogP contribution in [0.15, 0.2) is 30.3 Å². The third-order valence-electron chi connectivity index (χ3n) is 5.50. The first-order valence-electron chi connectivity index (χ1n) is 11.1. The van der Waals surface area contributed by atoms with Crippen molar-refractivity contribution in [1.82, 2.24) is 0 Å². The van der Waals surface area contributed by atoms with E-state index in [1.165, 1.54) is 70.6 Å². The molecule has 1 atom stereocenters. The van der Waals surface area contributed by atoms with E-state index in [4.69, 9.17) is 0 Å². The van der Waals surface area contributed by atoms with E-state index in [0.717, 1.165) is 19.3 Å². The van der Waals surface area contributed by atoms with Gasteiger partial charge in [0.25, 0.3) is 0 Å². The van der Waals surface area contributed by atoms with Crippen molar-refractivity contribution in [2.45, 2.75) is 109 Å². The zero-order valence-electron chi connectivity index (χ0n) is 17.3. The van der Waals surface area contributed by atoms with Gasteiger partial charge in [-0.05, 0) is 18.4 Å². The summed E-state index contributed by atoms with van der Waals surface area (Å²) in [5.74, 6) is -1.15. The van der Waals surface area contributed by atoms with Crippen molar-refractivity contribution in [3.8, 4) is 0 Å². The van der Waals surface area contributed by atoms with E-state index < -0.39 is 11.6 Å².